The Hall–Kier alpha value is -3.22. The van der Waals surface area contributed by atoms with Gasteiger partial charge in [-0.3, -0.25) is 4.79 Å². The highest BCUT2D eigenvalue weighted by molar-refractivity contribution is 5.92. The fourth-order valence-electron chi connectivity index (χ4n) is 3.61. The Labute approximate surface area is 165 Å². The van der Waals surface area contributed by atoms with Gasteiger partial charge in [-0.25, -0.2) is 9.97 Å². The molecule has 1 amide bonds. The topological polar surface area (TPSA) is 46.1 Å². The second kappa shape index (κ2) is 7.31. The number of amides is 1. The maximum absolute atomic E-state index is 12.9. The zero-order valence-electron chi connectivity index (χ0n) is 15.5. The number of para-hydroxylation sites is 1. The van der Waals surface area contributed by atoms with Gasteiger partial charge in [0.1, 0.15) is 5.82 Å². The molecule has 2 heterocycles. The second-order valence-corrected chi connectivity index (χ2v) is 7.00. The molecular formula is C22H18F3N3O. The Bertz CT molecular complexity index is 1080. The third-order valence-corrected chi connectivity index (χ3v) is 5.15. The van der Waals surface area contributed by atoms with Crippen LogP contribution in [0, 0.1) is 0 Å². The van der Waals surface area contributed by atoms with E-state index in [4.69, 9.17) is 4.98 Å². The molecule has 0 saturated carbocycles. The Kier molecular flexibility index (Phi) is 4.82. The van der Waals surface area contributed by atoms with E-state index in [9.17, 15) is 18.0 Å². The minimum absolute atomic E-state index is 0.0308. The monoisotopic (exact) mass is 397 g/mol. The van der Waals surface area contributed by atoms with E-state index in [0.29, 0.717) is 30.2 Å². The van der Waals surface area contributed by atoms with Crippen LogP contribution in [0.1, 0.15) is 23.7 Å². The smallest absolute Gasteiger partial charge is 0.338 e. The van der Waals surface area contributed by atoms with Crippen LogP contribution in [0.4, 0.5) is 13.2 Å². The summed E-state index contributed by atoms with van der Waals surface area (Å²) in [6.45, 7) is 4.61. The van der Waals surface area contributed by atoms with E-state index in [0.717, 1.165) is 29.5 Å². The van der Waals surface area contributed by atoms with Gasteiger partial charge in [0.15, 0.2) is 0 Å². The van der Waals surface area contributed by atoms with Crippen molar-refractivity contribution in [1.82, 2.24) is 14.9 Å². The zero-order valence-corrected chi connectivity index (χ0v) is 15.5. The van der Waals surface area contributed by atoms with Gasteiger partial charge in [-0.2, -0.15) is 13.2 Å². The number of carbonyl (C=O) groups excluding carboxylic acids is 1. The highest BCUT2D eigenvalue weighted by Gasteiger charge is 2.31. The predicted molar refractivity (Wildman–Crippen MR) is 104 cm³/mol. The molecule has 0 aliphatic carbocycles. The molecule has 3 aromatic rings. The van der Waals surface area contributed by atoms with E-state index >= 15 is 0 Å². The number of halogens is 3. The average molecular weight is 397 g/mol. The van der Waals surface area contributed by atoms with Gasteiger partial charge in [0.05, 0.1) is 16.8 Å². The number of nitrogens with zero attached hydrogens (tertiary/aromatic N) is 3. The molecule has 4 nitrogen and oxygen atoms in total. The van der Waals surface area contributed by atoms with E-state index in [-0.39, 0.29) is 11.8 Å². The molecule has 1 aliphatic heterocycles. The zero-order chi connectivity index (χ0) is 20.6. The molecule has 2 aromatic carbocycles. The largest absolute Gasteiger partial charge is 0.416 e. The van der Waals surface area contributed by atoms with Gasteiger partial charge in [0, 0.05) is 30.0 Å². The quantitative estimate of drug-likeness (QED) is 0.596. The van der Waals surface area contributed by atoms with Crippen molar-refractivity contribution in [1.29, 1.82) is 0 Å². The number of benzene rings is 2. The molecule has 148 valence electrons. The fraction of sp³-hybridized carbons (Fsp3) is 0.227. The number of aromatic nitrogens is 2. The van der Waals surface area contributed by atoms with Crippen molar-refractivity contribution in [2.75, 3.05) is 13.1 Å². The molecule has 7 heteroatoms. The fourth-order valence-corrected chi connectivity index (χ4v) is 3.61. The van der Waals surface area contributed by atoms with Crippen molar-refractivity contribution in [2.45, 2.75) is 18.5 Å². The van der Waals surface area contributed by atoms with Gasteiger partial charge in [-0.15, -0.1) is 0 Å². The van der Waals surface area contributed by atoms with Crippen LogP contribution >= 0.6 is 0 Å². The molecule has 0 radical (unpaired) electrons. The molecule has 0 bridgehead atoms. The van der Waals surface area contributed by atoms with Crippen molar-refractivity contribution in [2.24, 2.45) is 0 Å². The summed E-state index contributed by atoms with van der Waals surface area (Å²) in [5.41, 5.74) is 1.21. The molecule has 0 N–H and O–H groups in total. The van der Waals surface area contributed by atoms with Crippen molar-refractivity contribution < 1.29 is 18.0 Å². The SMILES string of the molecule is C=CC(=O)N1CCC(c2nc(-c3ccc(C(F)(F)F)cc3)c3ccccc3n2)C1. The van der Waals surface area contributed by atoms with Crippen LogP contribution in [-0.4, -0.2) is 33.9 Å². The lowest BCUT2D eigenvalue weighted by molar-refractivity contribution is -0.137. The molecule has 1 unspecified atom stereocenters. The molecule has 29 heavy (non-hydrogen) atoms. The summed E-state index contributed by atoms with van der Waals surface area (Å²) >= 11 is 0. The maximum atomic E-state index is 12.9. The first-order valence-electron chi connectivity index (χ1n) is 9.22. The van der Waals surface area contributed by atoms with E-state index < -0.39 is 11.7 Å². The second-order valence-electron chi connectivity index (χ2n) is 7.00. The van der Waals surface area contributed by atoms with Crippen LogP contribution in [0.15, 0.2) is 61.2 Å². The number of hydrogen-bond donors (Lipinski definition) is 0. The summed E-state index contributed by atoms with van der Waals surface area (Å²) in [5, 5.41) is 0.771. The molecule has 1 aliphatic rings. The number of fused-ring (bicyclic) bond motifs is 1. The minimum atomic E-state index is -4.39. The molecule has 1 atom stereocenters. The number of rotatable bonds is 3. The first-order chi connectivity index (χ1) is 13.9. The highest BCUT2D eigenvalue weighted by Crippen LogP contribution is 2.34. The summed E-state index contributed by atoms with van der Waals surface area (Å²) in [5.74, 6) is 0.436. The summed E-state index contributed by atoms with van der Waals surface area (Å²) in [4.78, 5) is 23.0. The third-order valence-electron chi connectivity index (χ3n) is 5.15. The molecule has 0 spiro atoms. The van der Waals surface area contributed by atoms with Crippen molar-refractivity contribution in [3.05, 3.63) is 72.6 Å². The van der Waals surface area contributed by atoms with Crippen LogP contribution in [0.25, 0.3) is 22.2 Å². The van der Waals surface area contributed by atoms with E-state index in [1.807, 2.05) is 24.3 Å². The normalized spacial score (nSPS) is 16.9. The van der Waals surface area contributed by atoms with Crippen molar-refractivity contribution in [3.63, 3.8) is 0 Å². The molecule has 1 aromatic heterocycles. The highest BCUT2D eigenvalue weighted by atomic mass is 19.4. The first-order valence-corrected chi connectivity index (χ1v) is 9.22. The van der Waals surface area contributed by atoms with Gasteiger partial charge in [0.2, 0.25) is 5.91 Å². The van der Waals surface area contributed by atoms with Crippen molar-refractivity contribution >= 4 is 16.8 Å². The van der Waals surface area contributed by atoms with E-state index in [2.05, 4.69) is 11.6 Å². The molecule has 1 saturated heterocycles. The number of hydrogen-bond acceptors (Lipinski definition) is 3. The lowest BCUT2D eigenvalue weighted by atomic mass is 10.0. The number of likely N-dealkylation sites (tertiary alicyclic amines) is 1. The van der Waals surface area contributed by atoms with Gasteiger partial charge >= 0.3 is 6.18 Å². The van der Waals surface area contributed by atoms with Crippen LogP contribution in [0.2, 0.25) is 0 Å². The lowest BCUT2D eigenvalue weighted by Crippen LogP contribution is -2.26. The Morgan fingerprint density at radius 2 is 1.83 bits per heavy atom. The molecule has 4 rings (SSSR count). The van der Waals surface area contributed by atoms with Crippen molar-refractivity contribution in [3.8, 4) is 11.3 Å². The van der Waals surface area contributed by atoms with E-state index in [1.54, 1.807) is 4.90 Å². The van der Waals surface area contributed by atoms with Gasteiger partial charge < -0.3 is 4.90 Å². The van der Waals surface area contributed by atoms with Crippen LogP contribution < -0.4 is 0 Å². The van der Waals surface area contributed by atoms with Crippen LogP contribution in [0.5, 0.6) is 0 Å². The Morgan fingerprint density at radius 3 is 2.52 bits per heavy atom. The van der Waals surface area contributed by atoms with Gasteiger partial charge in [0.25, 0.3) is 0 Å². The van der Waals surface area contributed by atoms with Gasteiger partial charge in [-0.1, -0.05) is 36.9 Å². The molecule has 1 fully saturated rings. The lowest BCUT2D eigenvalue weighted by Gasteiger charge is -2.15. The maximum Gasteiger partial charge on any atom is 0.416 e. The summed E-state index contributed by atoms with van der Waals surface area (Å²) in [6.07, 6.45) is -2.37. The minimum Gasteiger partial charge on any atom is -0.338 e. The summed E-state index contributed by atoms with van der Waals surface area (Å²) in [6, 6.07) is 12.4. The predicted octanol–water partition coefficient (Wildman–Crippen LogP) is 4.82. The third kappa shape index (κ3) is 3.72. The standard InChI is InChI=1S/C22H18F3N3O/c1-2-19(29)28-12-11-15(13-28)21-26-18-6-4-3-5-17(18)20(27-21)14-7-9-16(10-8-14)22(23,24)25/h2-10,15H,1,11-13H2. The summed E-state index contributed by atoms with van der Waals surface area (Å²) in [7, 11) is 0. The molecular weight excluding hydrogens is 379 g/mol. The Morgan fingerprint density at radius 1 is 1.10 bits per heavy atom. The van der Waals surface area contributed by atoms with Crippen LogP contribution in [0.3, 0.4) is 0 Å². The number of alkyl halides is 3. The number of carbonyl (C=O) groups is 1. The van der Waals surface area contributed by atoms with E-state index in [1.165, 1.54) is 18.2 Å². The van der Waals surface area contributed by atoms with Gasteiger partial charge in [-0.05, 0) is 30.7 Å². The summed E-state index contributed by atoms with van der Waals surface area (Å²) < 4.78 is 38.7. The average Bonchev–Trinajstić information content (AvgIpc) is 3.22. The Balaban J connectivity index is 1.76. The van der Waals surface area contributed by atoms with Crippen LogP contribution in [-0.2, 0) is 11.0 Å². The first kappa shape index (κ1) is 19.1.